The molecular weight excluding hydrogens is 162 g/mol. The Balaban J connectivity index is 2.69. The number of amidine groups is 1. The number of nitrogens with zero attached hydrogens (tertiary/aromatic N) is 1. The summed E-state index contributed by atoms with van der Waals surface area (Å²) in [6, 6.07) is 9.82. The fourth-order valence-electron chi connectivity index (χ4n) is 1.24. The standard InChI is InChI=1S/C10H9N3/c11-10(12)9-5-7-3-1-2-4-8(7)6-13-9/h1-6H,(H3,11,12)/p+1. The average Bonchev–Trinajstić information content (AvgIpc) is 2.17. The molecule has 0 spiro atoms. The first-order chi connectivity index (χ1) is 6.27. The zero-order valence-corrected chi connectivity index (χ0v) is 7.07. The minimum Gasteiger partial charge on any atom is -0.286 e. The van der Waals surface area contributed by atoms with Crippen molar-refractivity contribution in [3.63, 3.8) is 0 Å². The van der Waals surface area contributed by atoms with Crippen LogP contribution in [0.3, 0.4) is 0 Å². The lowest BCUT2D eigenvalue weighted by Gasteiger charge is -1.97. The second kappa shape index (κ2) is 2.86. The van der Waals surface area contributed by atoms with E-state index in [0.29, 0.717) is 5.69 Å². The lowest BCUT2D eigenvalue weighted by molar-refractivity contribution is -0.114. The maximum atomic E-state index is 5.44. The number of rotatable bonds is 1. The van der Waals surface area contributed by atoms with Gasteiger partial charge in [0.2, 0.25) is 0 Å². The number of fused-ring (bicyclic) bond motifs is 1. The van der Waals surface area contributed by atoms with Gasteiger partial charge in [0.15, 0.2) is 5.69 Å². The van der Waals surface area contributed by atoms with E-state index in [1.165, 1.54) is 0 Å². The minimum atomic E-state index is 0.255. The van der Waals surface area contributed by atoms with Gasteiger partial charge >= 0.3 is 0 Å². The highest BCUT2D eigenvalue weighted by molar-refractivity contribution is 5.95. The molecule has 1 heterocycles. The molecule has 0 radical (unpaired) electrons. The highest BCUT2D eigenvalue weighted by Crippen LogP contribution is 2.12. The summed E-state index contributed by atoms with van der Waals surface area (Å²) in [6.45, 7) is 0. The van der Waals surface area contributed by atoms with Gasteiger partial charge in [-0.1, -0.05) is 24.3 Å². The van der Waals surface area contributed by atoms with Crippen LogP contribution in [0.25, 0.3) is 10.8 Å². The van der Waals surface area contributed by atoms with Crippen molar-refractivity contribution in [1.29, 1.82) is 0 Å². The van der Waals surface area contributed by atoms with Gasteiger partial charge in [0.05, 0.1) is 0 Å². The summed E-state index contributed by atoms with van der Waals surface area (Å²) >= 11 is 0. The van der Waals surface area contributed by atoms with Crippen LogP contribution in [0.5, 0.6) is 0 Å². The summed E-state index contributed by atoms with van der Waals surface area (Å²) in [7, 11) is 0. The molecule has 0 aliphatic carbocycles. The quantitative estimate of drug-likeness (QED) is 0.458. The first kappa shape index (κ1) is 7.73. The lowest BCUT2D eigenvalue weighted by atomic mass is 10.1. The van der Waals surface area contributed by atoms with E-state index >= 15 is 0 Å². The van der Waals surface area contributed by atoms with E-state index in [4.69, 9.17) is 11.1 Å². The first-order valence-electron chi connectivity index (χ1n) is 4.00. The summed E-state index contributed by atoms with van der Waals surface area (Å²) in [5.74, 6) is 0.255. The second-order valence-corrected chi connectivity index (χ2v) is 2.87. The third-order valence-electron chi connectivity index (χ3n) is 1.93. The third kappa shape index (κ3) is 1.36. The number of nitrogens with two attached hydrogens (primary N) is 2. The van der Waals surface area contributed by atoms with Crippen LogP contribution < -0.4 is 11.1 Å². The molecule has 0 bridgehead atoms. The number of benzene rings is 1. The molecular formula is C10H10N3+. The summed E-state index contributed by atoms with van der Waals surface area (Å²) < 4.78 is 0. The highest BCUT2D eigenvalue weighted by Gasteiger charge is 2.03. The van der Waals surface area contributed by atoms with E-state index in [-0.39, 0.29) is 5.84 Å². The number of pyridine rings is 1. The van der Waals surface area contributed by atoms with Crippen molar-refractivity contribution in [1.82, 2.24) is 4.98 Å². The molecule has 3 heteroatoms. The molecule has 0 aliphatic heterocycles. The largest absolute Gasteiger partial charge is 0.289 e. The van der Waals surface area contributed by atoms with E-state index < -0.39 is 0 Å². The topological polar surface area (TPSA) is 64.5 Å². The fourth-order valence-corrected chi connectivity index (χ4v) is 1.24. The zero-order valence-electron chi connectivity index (χ0n) is 7.07. The van der Waals surface area contributed by atoms with Crippen molar-refractivity contribution in [3.8, 4) is 0 Å². The summed E-state index contributed by atoms with van der Waals surface area (Å²) in [5, 5.41) is 7.63. The summed E-state index contributed by atoms with van der Waals surface area (Å²) in [6.07, 6.45) is 1.77. The average molecular weight is 172 g/mol. The van der Waals surface area contributed by atoms with Gasteiger partial charge in [0, 0.05) is 11.6 Å². The number of hydrogen-bond donors (Lipinski definition) is 2. The van der Waals surface area contributed by atoms with Gasteiger partial charge in [0.1, 0.15) is 0 Å². The lowest BCUT2D eigenvalue weighted by Crippen LogP contribution is -2.46. The van der Waals surface area contributed by atoms with Gasteiger partial charge in [0.25, 0.3) is 5.84 Å². The monoisotopic (exact) mass is 172 g/mol. The normalized spacial score (nSPS) is 10.2. The van der Waals surface area contributed by atoms with Crippen LogP contribution in [-0.2, 0) is 0 Å². The molecule has 0 fully saturated rings. The Kier molecular flexibility index (Phi) is 1.70. The SMILES string of the molecule is NC(=[NH2+])c1cc2ccccc2cn1. The van der Waals surface area contributed by atoms with E-state index in [9.17, 15) is 0 Å². The molecule has 13 heavy (non-hydrogen) atoms. The fraction of sp³-hybridized carbons (Fsp3) is 0. The van der Waals surface area contributed by atoms with Crippen molar-refractivity contribution < 1.29 is 5.41 Å². The minimum absolute atomic E-state index is 0.255. The molecule has 64 valence electrons. The maximum absolute atomic E-state index is 5.44. The first-order valence-corrected chi connectivity index (χ1v) is 4.00. The van der Waals surface area contributed by atoms with Crippen molar-refractivity contribution in [2.75, 3.05) is 0 Å². The molecule has 0 amide bonds. The third-order valence-corrected chi connectivity index (χ3v) is 1.93. The zero-order chi connectivity index (χ0) is 9.26. The number of hydrogen-bond acceptors (Lipinski definition) is 1. The molecule has 0 atom stereocenters. The van der Waals surface area contributed by atoms with Gasteiger partial charge in [-0.15, -0.1) is 0 Å². The summed E-state index contributed by atoms with van der Waals surface area (Å²) in [4.78, 5) is 4.12. The van der Waals surface area contributed by atoms with Crippen molar-refractivity contribution >= 4 is 16.6 Å². The van der Waals surface area contributed by atoms with Crippen LogP contribution >= 0.6 is 0 Å². The molecule has 0 aliphatic rings. The molecule has 0 saturated heterocycles. The Morgan fingerprint density at radius 1 is 1.23 bits per heavy atom. The van der Waals surface area contributed by atoms with Crippen molar-refractivity contribution in [2.45, 2.75) is 0 Å². The van der Waals surface area contributed by atoms with E-state index in [1.807, 2.05) is 30.3 Å². The van der Waals surface area contributed by atoms with Gasteiger partial charge in [-0.25, -0.2) is 4.98 Å². The van der Waals surface area contributed by atoms with Crippen molar-refractivity contribution in [2.24, 2.45) is 5.73 Å². The Morgan fingerprint density at radius 2 is 1.92 bits per heavy atom. The second-order valence-electron chi connectivity index (χ2n) is 2.87. The Labute approximate surface area is 75.7 Å². The molecule has 1 aromatic heterocycles. The van der Waals surface area contributed by atoms with Crippen LogP contribution in [0, 0.1) is 0 Å². The van der Waals surface area contributed by atoms with Crippen LogP contribution in [0.2, 0.25) is 0 Å². The smallest absolute Gasteiger partial charge is 0.286 e. The predicted octanol–water partition coefficient (Wildman–Crippen LogP) is -0.301. The molecule has 0 unspecified atom stereocenters. The van der Waals surface area contributed by atoms with Gasteiger partial charge < -0.3 is 0 Å². The van der Waals surface area contributed by atoms with E-state index in [2.05, 4.69) is 4.98 Å². The van der Waals surface area contributed by atoms with Gasteiger partial charge in [-0.3, -0.25) is 11.1 Å². The maximum Gasteiger partial charge on any atom is 0.289 e. The molecule has 0 saturated carbocycles. The van der Waals surface area contributed by atoms with Gasteiger partial charge in [-0.05, 0) is 11.5 Å². The van der Waals surface area contributed by atoms with Crippen LogP contribution in [0.4, 0.5) is 0 Å². The Morgan fingerprint density at radius 3 is 2.62 bits per heavy atom. The van der Waals surface area contributed by atoms with Gasteiger partial charge in [-0.2, -0.15) is 0 Å². The predicted molar refractivity (Wildman–Crippen MR) is 52.0 cm³/mol. The molecule has 2 aromatic rings. The number of aromatic nitrogens is 1. The van der Waals surface area contributed by atoms with E-state index in [0.717, 1.165) is 10.8 Å². The summed E-state index contributed by atoms with van der Waals surface area (Å²) in [5.41, 5.74) is 6.07. The van der Waals surface area contributed by atoms with Crippen LogP contribution in [-0.4, -0.2) is 10.8 Å². The Hall–Kier alpha value is -1.90. The molecule has 3 nitrogen and oxygen atoms in total. The van der Waals surface area contributed by atoms with E-state index in [1.54, 1.807) is 6.20 Å². The van der Waals surface area contributed by atoms with Crippen LogP contribution in [0.15, 0.2) is 36.5 Å². The molecule has 1 aromatic carbocycles. The Bertz CT molecular complexity index is 462. The molecule has 2 rings (SSSR count). The van der Waals surface area contributed by atoms with Crippen LogP contribution in [0.1, 0.15) is 5.69 Å². The molecule has 4 N–H and O–H groups in total. The van der Waals surface area contributed by atoms with Crippen molar-refractivity contribution in [3.05, 3.63) is 42.2 Å². The highest BCUT2D eigenvalue weighted by atomic mass is 14.8.